The molecule has 2 aromatic heterocycles. The standard InChI is InChI=1S/C23H18N4OS/c1-2-13-27(23-26-20(16-29-23)17-9-5-3-6-10-17)22(28)19-14-24-21(25-15-19)18-11-7-4-8-12-18/h2-12,14-16H,1,13H2. The van der Waals surface area contributed by atoms with Gasteiger partial charge >= 0.3 is 0 Å². The van der Waals surface area contributed by atoms with E-state index in [2.05, 4.69) is 21.5 Å². The van der Waals surface area contributed by atoms with Crippen molar-refractivity contribution in [1.82, 2.24) is 15.0 Å². The highest BCUT2D eigenvalue weighted by molar-refractivity contribution is 7.14. The zero-order valence-corrected chi connectivity index (χ0v) is 16.4. The van der Waals surface area contributed by atoms with E-state index in [0.29, 0.717) is 23.1 Å². The third-order valence-corrected chi connectivity index (χ3v) is 5.14. The van der Waals surface area contributed by atoms with Crippen molar-refractivity contribution >= 4 is 22.4 Å². The minimum absolute atomic E-state index is 0.210. The van der Waals surface area contributed by atoms with Gasteiger partial charge < -0.3 is 0 Å². The van der Waals surface area contributed by atoms with Crippen LogP contribution in [0.3, 0.4) is 0 Å². The first-order chi connectivity index (χ1) is 14.3. The molecule has 0 saturated heterocycles. The molecule has 142 valence electrons. The fraction of sp³-hybridized carbons (Fsp3) is 0.0435. The minimum atomic E-state index is -0.210. The molecule has 4 rings (SSSR count). The van der Waals surface area contributed by atoms with Crippen molar-refractivity contribution < 1.29 is 4.79 Å². The fourth-order valence-electron chi connectivity index (χ4n) is 2.84. The van der Waals surface area contributed by atoms with Gasteiger partial charge in [0.15, 0.2) is 11.0 Å². The van der Waals surface area contributed by atoms with Crippen molar-refractivity contribution in [2.45, 2.75) is 0 Å². The van der Waals surface area contributed by atoms with E-state index >= 15 is 0 Å². The summed E-state index contributed by atoms with van der Waals surface area (Å²) in [5.41, 5.74) is 3.16. The Morgan fingerprint density at radius 2 is 1.59 bits per heavy atom. The van der Waals surface area contributed by atoms with Crippen LogP contribution in [0, 0.1) is 0 Å². The van der Waals surface area contributed by atoms with E-state index in [1.807, 2.05) is 66.0 Å². The van der Waals surface area contributed by atoms with E-state index in [9.17, 15) is 4.79 Å². The Labute approximate surface area is 173 Å². The predicted molar refractivity (Wildman–Crippen MR) is 117 cm³/mol. The average Bonchev–Trinajstić information content (AvgIpc) is 3.28. The van der Waals surface area contributed by atoms with Gasteiger partial charge in [-0.15, -0.1) is 17.9 Å². The van der Waals surface area contributed by atoms with Gasteiger partial charge in [-0.2, -0.15) is 0 Å². The first kappa shape index (κ1) is 18.7. The number of benzene rings is 2. The van der Waals surface area contributed by atoms with Gasteiger partial charge in [0, 0.05) is 35.4 Å². The molecule has 0 aliphatic heterocycles. The first-order valence-corrected chi connectivity index (χ1v) is 9.95. The van der Waals surface area contributed by atoms with Crippen molar-refractivity contribution in [1.29, 1.82) is 0 Å². The third kappa shape index (κ3) is 4.12. The van der Waals surface area contributed by atoms with Crippen LogP contribution >= 0.6 is 11.3 Å². The molecule has 0 aliphatic rings. The normalized spacial score (nSPS) is 10.5. The Bertz CT molecular complexity index is 1110. The summed E-state index contributed by atoms with van der Waals surface area (Å²) in [7, 11) is 0. The average molecular weight is 398 g/mol. The Morgan fingerprint density at radius 1 is 0.966 bits per heavy atom. The Balaban J connectivity index is 1.59. The van der Waals surface area contributed by atoms with Crippen LogP contribution in [0.25, 0.3) is 22.6 Å². The van der Waals surface area contributed by atoms with E-state index in [1.165, 1.54) is 11.3 Å². The van der Waals surface area contributed by atoms with E-state index in [4.69, 9.17) is 0 Å². The molecule has 0 spiro atoms. The zero-order valence-electron chi connectivity index (χ0n) is 15.6. The van der Waals surface area contributed by atoms with E-state index in [-0.39, 0.29) is 5.91 Å². The van der Waals surface area contributed by atoms with Crippen molar-refractivity contribution in [2.75, 3.05) is 11.4 Å². The van der Waals surface area contributed by atoms with Gasteiger partial charge in [-0.3, -0.25) is 9.69 Å². The van der Waals surface area contributed by atoms with Crippen LogP contribution < -0.4 is 4.90 Å². The number of rotatable bonds is 6. The van der Waals surface area contributed by atoms with Crippen LogP contribution in [-0.4, -0.2) is 27.4 Å². The van der Waals surface area contributed by atoms with E-state index < -0.39 is 0 Å². The third-order valence-electron chi connectivity index (χ3n) is 4.28. The van der Waals surface area contributed by atoms with Gasteiger partial charge in [0.05, 0.1) is 11.3 Å². The van der Waals surface area contributed by atoms with Gasteiger partial charge in [-0.25, -0.2) is 15.0 Å². The second kappa shape index (κ2) is 8.58. The molecule has 1 amide bonds. The molecule has 5 nitrogen and oxygen atoms in total. The van der Waals surface area contributed by atoms with Crippen molar-refractivity contribution in [2.24, 2.45) is 0 Å². The van der Waals surface area contributed by atoms with Crippen LogP contribution in [0.4, 0.5) is 5.13 Å². The summed E-state index contributed by atoms with van der Waals surface area (Å²) in [6.07, 6.45) is 4.79. The van der Waals surface area contributed by atoms with Crippen LogP contribution in [0.5, 0.6) is 0 Å². The Morgan fingerprint density at radius 3 is 2.21 bits per heavy atom. The number of carbonyl (C=O) groups excluding carboxylic acids is 1. The van der Waals surface area contributed by atoms with E-state index in [1.54, 1.807) is 23.4 Å². The topological polar surface area (TPSA) is 59.0 Å². The number of hydrogen-bond acceptors (Lipinski definition) is 5. The lowest BCUT2D eigenvalue weighted by Crippen LogP contribution is -2.31. The SMILES string of the molecule is C=CCN(C(=O)c1cnc(-c2ccccc2)nc1)c1nc(-c2ccccc2)cs1. The van der Waals surface area contributed by atoms with Gasteiger partial charge in [0.1, 0.15) is 0 Å². The largest absolute Gasteiger partial charge is 0.280 e. The summed E-state index contributed by atoms with van der Waals surface area (Å²) in [6, 6.07) is 19.5. The summed E-state index contributed by atoms with van der Waals surface area (Å²) in [5.74, 6) is 0.372. The van der Waals surface area contributed by atoms with E-state index in [0.717, 1.165) is 16.8 Å². The second-order valence-electron chi connectivity index (χ2n) is 6.25. The maximum atomic E-state index is 13.1. The Kier molecular flexibility index (Phi) is 5.54. The first-order valence-electron chi connectivity index (χ1n) is 9.07. The summed E-state index contributed by atoms with van der Waals surface area (Å²) >= 11 is 1.42. The molecule has 2 aromatic carbocycles. The molecule has 0 unspecified atom stereocenters. The monoisotopic (exact) mass is 398 g/mol. The van der Waals surface area contributed by atoms with Crippen LogP contribution in [0.1, 0.15) is 10.4 Å². The molecular weight excluding hydrogens is 380 g/mol. The van der Waals surface area contributed by atoms with Crippen LogP contribution in [-0.2, 0) is 0 Å². The highest BCUT2D eigenvalue weighted by Crippen LogP contribution is 2.28. The highest BCUT2D eigenvalue weighted by Gasteiger charge is 2.21. The highest BCUT2D eigenvalue weighted by atomic mass is 32.1. The molecule has 6 heteroatoms. The molecule has 4 aromatic rings. The summed E-state index contributed by atoms with van der Waals surface area (Å²) in [5, 5.41) is 2.56. The second-order valence-corrected chi connectivity index (χ2v) is 7.08. The molecule has 0 aliphatic carbocycles. The zero-order chi connectivity index (χ0) is 20.1. The lowest BCUT2D eigenvalue weighted by Gasteiger charge is -2.17. The number of nitrogens with zero attached hydrogens (tertiary/aromatic N) is 4. The minimum Gasteiger partial charge on any atom is -0.280 e. The van der Waals surface area contributed by atoms with Gasteiger partial charge in [-0.1, -0.05) is 66.7 Å². The van der Waals surface area contributed by atoms with Gasteiger partial charge in [0.25, 0.3) is 5.91 Å². The molecule has 0 saturated carbocycles. The number of amides is 1. The number of thiazole rings is 1. The van der Waals surface area contributed by atoms with Gasteiger partial charge in [0.2, 0.25) is 0 Å². The van der Waals surface area contributed by atoms with Gasteiger partial charge in [-0.05, 0) is 0 Å². The fourth-order valence-corrected chi connectivity index (χ4v) is 3.68. The molecule has 2 heterocycles. The molecular formula is C23H18N4OS. The molecule has 0 bridgehead atoms. The molecule has 0 radical (unpaired) electrons. The number of aromatic nitrogens is 3. The predicted octanol–water partition coefficient (Wildman–Crippen LogP) is 5.10. The molecule has 0 atom stereocenters. The maximum Gasteiger partial charge on any atom is 0.263 e. The van der Waals surface area contributed by atoms with Crippen LogP contribution in [0.15, 0.2) is 91.1 Å². The molecule has 29 heavy (non-hydrogen) atoms. The maximum absolute atomic E-state index is 13.1. The number of anilines is 1. The molecule has 0 N–H and O–H groups in total. The quantitative estimate of drug-likeness (QED) is 0.424. The van der Waals surface area contributed by atoms with Crippen molar-refractivity contribution in [3.63, 3.8) is 0 Å². The molecule has 0 fully saturated rings. The lowest BCUT2D eigenvalue weighted by atomic mass is 10.2. The van der Waals surface area contributed by atoms with Crippen molar-refractivity contribution in [3.05, 3.63) is 96.7 Å². The number of carbonyl (C=O) groups is 1. The number of hydrogen-bond donors (Lipinski definition) is 0. The Hall–Kier alpha value is -3.64. The summed E-state index contributed by atoms with van der Waals surface area (Å²) < 4.78 is 0. The summed E-state index contributed by atoms with van der Waals surface area (Å²) in [4.78, 5) is 28.0. The summed E-state index contributed by atoms with van der Waals surface area (Å²) in [6.45, 7) is 4.12. The van der Waals surface area contributed by atoms with Crippen LogP contribution in [0.2, 0.25) is 0 Å². The smallest absolute Gasteiger partial charge is 0.263 e. The lowest BCUT2D eigenvalue weighted by molar-refractivity contribution is 0.0989. The van der Waals surface area contributed by atoms with Crippen molar-refractivity contribution in [3.8, 4) is 22.6 Å².